The maximum Gasteiger partial charge on any atom is 0.326 e. The van der Waals surface area contributed by atoms with Gasteiger partial charge in [-0.3, -0.25) is 9.69 Å². The number of carbonyl (C=O) groups is 2. The van der Waals surface area contributed by atoms with Gasteiger partial charge in [0, 0.05) is 24.6 Å². The van der Waals surface area contributed by atoms with Crippen LogP contribution in [0.4, 0.5) is 0 Å². The first kappa shape index (κ1) is 19.3. The van der Waals surface area contributed by atoms with Gasteiger partial charge in [0.05, 0.1) is 0 Å². The zero-order chi connectivity index (χ0) is 20.7. The van der Waals surface area contributed by atoms with E-state index in [0.29, 0.717) is 18.9 Å². The summed E-state index contributed by atoms with van der Waals surface area (Å²) in [6.07, 6.45) is 2.71. The number of benzene rings is 2. The Hall–Kier alpha value is -3.06. The van der Waals surface area contributed by atoms with Crippen LogP contribution in [0, 0.1) is 0 Å². The number of rotatable bonds is 1. The maximum absolute atomic E-state index is 10.4. The highest BCUT2D eigenvalue weighted by Gasteiger charge is 2.34. The van der Waals surface area contributed by atoms with Gasteiger partial charge < -0.3 is 20.6 Å². The molecule has 7 heteroatoms. The van der Waals surface area contributed by atoms with Gasteiger partial charge in [-0.2, -0.15) is 0 Å². The molecule has 2 aromatic rings. The number of carboxylic acid groups (broad SMARTS) is 1. The molecule has 1 amide bonds. The van der Waals surface area contributed by atoms with Crippen molar-refractivity contribution < 1.29 is 24.9 Å². The van der Waals surface area contributed by atoms with Gasteiger partial charge in [0.1, 0.15) is 6.04 Å². The van der Waals surface area contributed by atoms with Crippen molar-refractivity contribution in [2.45, 2.75) is 37.8 Å². The molecular formula is C22H24N2O5. The zero-order valence-electron chi connectivity index (χ0n) is 16.2. The van der Waals surface area contributed by atoms with Gasteiger partial charge in [-0.1, -0.05) is 24.3 Å². The second kappa shape index (κ2) is 7.40. The van der Waals surface area contributed by atoms with Crippen molar-refractivity contribution in [2.24, 2.45) is 0 Å². The summed E-state index contributed by atoms with van der Waals surface area (Å²) >= 11 is 0. The molecule has 0 unspecified atom stereocenters. The summed E-state index contributed by atoms with van der Waals surface area (Å²) in [6.45, 7) is 1.07. The Balaban J connectivity index is 0.000000192. The predicted molar refractivity (Wildman–Crippen MR) is 107 cm³/mol. The first-order valence-electron chi connectivity index (χ1n) is 9.75. The Morgan fingerprint density at radius 2 is 1.93 bits per heavy atom. The largest absolute Gasteiger partial charge is 0.504 e. The number of phenols is 2. The van der Waals surface area contributed by atoms with Crippen LogP contribution in [0.1, 0.15) is 35.6 Å². The van der Waals surface area contributed by atoms with Gasteiger partial charge in [0.2, 0.25) is 5.91 Å². The van der Waals surface area contributed by atoms with Crippen LogP contribution in [0.2, 0.25) is 0 Å². The van der Waals surface area contributed by atoms with Crippen molar-refractivity contribution in [3.8, 4) is 22.6 Å². The molecule has 29 heavy (non-hydrogen) atoms. The topological polar surface area (TPSA) is 110 Å². The number of aromatic hydroxyl groups is 2. The minimum atomic E-state index is -0.944. The minimum absolute atomic E-state index is 0.0163. The number of fused-ring (bicyclic) bond motifs is 2. The smallest absolute Gasteiger partial charge is 0.326 e. The highest BCUT2D eigenvalue weighted by molar-refractivity contribution is 5.87. The fourth-order valence-corrected chi connectivity index (χ4v) is 4.47. The van der Waals surface area contributed by atoms with E-state index in [1.165, 1.54) is 11.1 Å². The molecule has 2 aliphatic heterocycles. The SMILES string of the molecule is CN1CCc2cccc3c2[C@H]1Cc1ccc(O)c(O)c1-3.O=C1CC[C@@H](C(=O)O)N1. The molecule has 0 bridgehead atoms. The maximum atomic E-state index is 10.4. The quantitative estimate of drug-likeness (QED) is 0.550. The average Bonchev–Trinajstić information content (AvgIpc) is 3.15. The molecule has 2 heterocycles. The molecule has 1 saturated heterocycles. The fraction of sp³-hybridized carbons (Fsp3) is 0.364. The normalized spacial score (nSPS) is 22.0. The molecule has 7 nitrogen and oxygen atoms in total. The monoisotopic (exact) mass is 396 g/mol. The van der Waals surface area contributed by atoms with Gasteiger partial charge >= 0.3 is 5.97 Å². The fourth-order valence-electron chi connectivity index (χ4n) is 4.47. The van der Waals surface area contributed by atoms with Crippen molar-refractivity contribution in [3.63, 3.8) is 0 Å². The van der Waals surface area contributed by atoms with Gasteiger partial charge in [-0.15, -0.1) is 0 Å². The standard InChI is InChI=1S/C17H17NO2.C5H7NO3/c1-18-8-7-10-3-2-4-12-15(10)13(18)9-11-5-6-14(19)17(20)16(11)12;7-4-2-1-3(6-4)5(8)9/h2-6,13,19-20H,7-9H2,1H3;3H,1-2H2,(H,6,7)(H,8,9)/t13-;3-/m10/s1. The number of phenolic OH excluding ortho intramolecular Hbond substituents is 2. The summed E-state index contributed by atoms with van der Waals surface area (Å²) in [5.41, 5.74) is 5.71. The Labute approximate surface area is 168 Å². The molecule has 0 saturated carbocycles. The number of nitrogens with zero attached hydrogens (tertiary/aromatic N) is 1. The molecule has 5 rings (SSSR count). The lowest BCUT2D eigenvalue weighted by Gasteiger charge is -2.39. The summed E-state index contributed by atoms with van der Waals surface area (Å²) in [5, 5.41) is 30.7. The van der Waals surface area contributed by atoms with Crippen LogP contribution in [-0.2, 0) is 22.4 Å². The van der Waals surface area contributed by atoms with E-state index in [1.807, 2.05) is 6.07 Å². The number of aliphatic carboxylic acids is 1. The van der Waals surface area contributed by atoms with Crippen molar-refractivity contribution in [1.82, 2.24) is 10.2 Å². The lowest BCUT2D eigenvalue weighted by atomic mass is 9.77. The van der Waals surface area contributed by atoms with Crippen LogP contribution in [0.3, 0.4) is 0 Å². The number of carbonyl (C=O) groups excluding carboxylic acids is 1. The Morgan fingerprint density at radius 1 is 1.14 bits per heavy atom. The number of nitrogens with one attached hydrogen (secondary N) is 1. The molecule has 4 N–H and O–H groups in total. The van der Waals surface area contributed by atoms with E-state index in [-0.39, 0.29) is 17.4 Å². The van der Waals surface area contributed by atoms with Crippen molar-refractivity contribution in [3.05, 3.63) is 47.0 Å². The lowest BCUT2D eigenvalue weighted by molar-refractivity contribution is -0.140. The molecule has 0 radical (unpaired) electrons. The molecular weight excluding hydrogens is 372 g/mol. The Kier molecular flexibility index (Phi) is 4.92. The van der Waals surface area contributed by atoms with Crippen LogP contribution in [-0.4, -0.2) is 51.7 Å². The Morgan fingerprint density at radius 3 is 2.59 bits per heavy atom. The molecule has 3 aliphatic rings. The lowest BCUT2D eigenvalue weighted by Crippen LogP contribution is -2.35. The third-order valence-electron chi connectivity index (χ3n) is 6.01. The van der Waals surface area contributed by atoms with E-state index in [0.717, 1.165) is 36.1 Å². The number of hydrogen-bond acceptors (Lipinski definition) is 5. The van der Waals surface area contributed by atoms with Gasteiger partial charge in [-0.05, 0) is 54.6 Å². The first-order chi connectivity index (χ1) is 13.9. The molecule has 1 fully saturated rings. The van der Waals surface area contributed by atoms with Gasteiger partial charge in [-0.25, -0.2) is 4.79 Å². The number of likely N-dealkylation sites (N-methyl/N-ethyl adjacent to an activating group) is 1. The highest BCUT2D eigenvalue weighted by atomic mass is 16.4. The van der Waals surface area contributed by atoms with Crippen molar-refractivity contribution in [1.29, 1.82) is 0 Å². The number of carboxylic acids is 1. The van der Waals surface area contributed by atoms with Crippen LogP contribution in [0.15, 0.2) is 30.3 Å². The summed E-state index contributed by atoms with van der Waals surface area (Å²) in [4.78, 5) is 22.9. The van der Waals surface area contributed by atoms with Gasteiger partial charge in [0.25, 0.3) is 0 Å². The van der Waals surface area contributed by atoms with Crippen LogP contribution in [0.5, 0.6) is 11.5 Å². The van der Waals surface area contributed by atoms with Crippen molar-refractivity contribution >= 4 is 11.9 Å². The molecule has 2 aromatic carbocycles. The Bertz CT molecular complexity index is 987. The van der Waals surface area contributed by atoms with Crippen molar-refractivity contribution in [2.75, 3.05) is 13.6 Å². The molecule has 152 valence electrons. The first-order valence-corrected chi connectivity index (χ1v) is 9.75. The third-order valence-corrected chi connectivity index (χ3v) is 6.01. The number of amides is 1. The summed E-state index contributed by atoms with van der Waals surface area (Å²) in [7, 11) is 2.16. The second-order valence-corrected chi connectivity index (χ2v) is 7.79. The van der Waals surface area contributed by atoms with Crippen LogP contribution < -0.4 is 5.32 Å². The zero-order valence-corrected chi connectivity index (χ0v) is 16.2. The van der Waals surface area contributed by atoms with E-state index >= 15 is 0 Å². The van der Waals surface area contributed by atoms with E-state index in [1.54, 1.807) is 6.07 Å². The minimum Gasteiger partial charge on any atom is -0.504 e. The predicted octanol–water partition coefficient (Wildman–Crippen LogP) is 2.20. The number of hydrogen-bond donors (Lipinski definition) is 4. The van der Waals surface area contributed by atoms with Gasteiger partial charge in [0.15, 0.2) is 11.5 Å². The second-order valence-electron chi connectivity index (χ2n) is 7.79. The molecule has 2 atom stereocenters. The molecule has 0 spiro atoms. The summed E-state index contributed by atoms with van der Waals surface area (Å²) in [6, 6.07) is 9.55. The average molecular weight is 396 g/mol. The summed E-state index contributed by atoms with van der Waals surface area (Å²) < 4.78 is 0. The van der Waals surface area contributed by atoms with E-state index in [9.17, 15) is 19.8 Å². The van der Waals surface area contributed by atoms with Crippen LogP contribution in [0.25, 0.3) is 11.1 Å². The van der Waals surface area contributed by atoms with E-state index in [2.05, 4.69) is 35.5 Å². The molecule has 0 aromatic heterocycles. The highest BCUT2D eigenvalue weighted by Crippen LogP contribution is 2.49. The van der Waals surface area contributed by atoms with E-state index in [4.69, 9.17) is 5.11 Å². The third kappa shape index (κ3) is 3.42. The summed E-state index contributed by atoms with van der Waals surface area (Å²) in [5.74, 6) is -1.13. The van der Waals surface area contributed by atoms with E-state index < -0.39 is 12.0 Å². The van der Waals surface area contributed by atoms with Crippen LogP contribution >= 0.6 is 0 Å². The molecule has 1 aliphatic carbocycles.